The van der Waals surface area contributed by atoms with E-state index in [1.165, 1.54) is 56.7 Å². The molecule has 0 bridgehead atoms. The summed E-state index contributed by atoms with van der Waals surface area (Å²) in [5.41, 5.74) is 9.02. The third-order valence-corrected chi connectivity index (χ3v) is 7.84. The first-order valence-corrected chi connectivity index (χ1v) is 12.2. The van der Waals surface area contributed by atoms with Crippen LogP contribution in [0.4, 0.5) is 0 Å². The molecule has 4 rings (SSSR count). The third-order valence-electron chi connectivity index (χ3n) is 7.84. The first-order valence-electron chi connectivity index (χ1n) is 12.2. The smallest absolute Gasteiger partial charge is 0.102 e. The van der Waals surface area contributed by atoms with Crippen LogP contribution in [0, 0.1) is 11.8 Å². The Bertz CT molecular complexity index is 610. The van der Waals surface area contributed by atoms with E-state index in [0.717, 1.165) is 32.5 Å². The zero-order chi connectivity index (χ0) is 21.9. The lowest BCUT2D eigenvalue weighted by Gasteiger charge is -2.35. The van der Waals surface area contributed by atoms with Gasteiger partial charge in [-0.05, 0) is 50.5 Å². The summed E-state index contributed by atoms with van der Waals surface area (Å²) >= 11 is 0. The van der Waals surface area contributed by atoms with Gasteiger partial charge in [-0.25, -0.2) is 0 Å². The summed E-state index contributed by atoms with van der Waals surface area (Å²) in [6, 6.07) is 0.211. The van der Waals surface area contributed by atoms with Crippen molar-refractivity contribution in [3.8, 4) is 0 Å². The maximum atomic E-state index is 6.13. The van der Waals surface area contributed by atoms with Crippen molar-refractivity contribution in [1.29, 1.82) is 0 Å². The van der Waals surface area contributed by atoms with Crippen LogP contribution in [-0.2, 0) is 4.74 Å². The molecule has 5 heteroatoms. The average molecular weight is 419 g/mol. The van der Waals surface area contributed by atoms with Crippen molar-refractivity contribution in [1.82, 2.24) is 15.1 Å². The van der Waals surface area contributed by atoms with E-state index in [-0.39, 0.29) is 11.6 Å². The Labute approximate surface area is 185 Å². The lowest BCUT2D eigenvalue weighted by molar-refractivity contribution is 0.00623. The van der Waals surface area contributed by atoms with E-state index < -0.39 is 0 Å². The number of nitrogens with two attached hydrogens (primary N) is 1. The molecule has 0 aromatic heterocycles. The van der Waals surface area contributed by atoms with Crippen LogP contribution in [0.15, 0.2) is 24.6 Å². The van der Waals surface area contributed by atoms with Crippen LogP contribution in [0.3, 0.4) is 0 Å². The van der Waals surface area contributed by atoms with E-state index in [1.807, 2.05) is 0 Å². The molecule has 0 saturated carbocycles. The number of allylic oxidation sites excluding steroid dienone is 2. The fourth-order valence-electron chi connectivity index (χ4n) is 5.46. The second-order valence-electron chi connectivity index (χ2n) is 10.6. The van der Waals surface area contributed by atoms with E-state index in [1.54, 1.807) is 0 Å². The summed E-state index contributed by atoms with van der Waals surface area (Å²) in [7, 11) is 0. The molecule has 0 radical (unpaired) electrons. The van der Waals surface area contributed by atoms with Crippen molar-refractivity contribution in [2.24, 2.45) is 17.6 Å². The van der Waals surface area contributed by atoms with Gasteiger partial charge in [-0.15, -0.1) is 0 Å². The second kappa shape index (κ2) is 9.62. The number of hydrogen-bond acceptors (Lipinski definition) is 5. The van der Waals surface area contributed by atoms with E-state index >= 15 is 0 Å². The molecule has 5 nitrogen and oxygen atoms in total. The highest BCUT2D eigenvalue weighted by atomic mass is 16.5. The molecule has 0 aromatic carbocycles. The minimum absolute atomic E-state index is 0.0716. The SMILES string of the molecule is C=C(C(C)C)N1CCC2(C1)OCCC2N.C=C(C(C)C)N1CCC2(CCCCN2)C1. The Kier molecular flexibility index (Phi) is 7.57. The van der Waals surface area contributed by atoms with Crippen LogP contribution in [0.2, 0.25) is 0 Å². The molecule has 3 unspecified atom stereocenters. The quantitative estimate of drug-likeness (QED) is 0.729. The number of likely N-dealkylation sites (tertiary alicyclic amines) is 2. The Balaban J connectivity index is 0.000000171. The summed E-state index contributed by atoms with van der Waals surface area (Å²) in [5, 5.41) is 3.74. The van der Waals surface area contributed by atoms with Crippen molar-refractivity contribution in [2.45, 2.75) is 83.4 Å². The molecule has 4 saturated heterocycles. The van der Waals surface area contributed by atoms with Crippen molar-refractivity contribution < 1.29 is 4.74 Å². The van der Waals surface area contributed by atoms with Crippen molar-refractivity contribution in [2.75, 3.05) is 39.3 Å². The molecule has 0 aromatic rings. The molecule has 3 atom stereocenters. The van der Waals surface area contributed by atoms with Crippen LogP contribution in [0.5, 0.6) is 0 Å². The lowest BCUT2D eigenvalue weighted by Crippen LogP contribution is -2.50. The van der Waals surface area contributed by atoms with Gasteiger partial charge in [-0.1, -0.05) is 47.3 Å². The molecule has 0 aliphatic carbocycles. The molecular weight excluding hydrogens is 372 g/mol. The predicted octanol–water partition coefficient (Wildman–Crippen LogP) is 3.72. The number of rotatable bonds is 4. The number of nitrogens with one attached hydrogen (secondary N) is 1. The second-order valence-corrected chi connectivity index (χ2v) is 10.6. The number of nitrogens with zero attached hydrogens (tertiary/aromatic N) is 2. The van der Waals surface area contributed by atoms with Gasteiger partial charge in [0.05, 0.1) is 0 Å². The fraction of sp³-hybridized carbons (Fsp3) is 0.840. The van der Waals surface area contributed by atoms with Gasteiger partial charge in [0.25, 0.3) is 0 Å². The summed E-state index contributed by atoms with van der Waals surface area (Å²) in [4.78, 5) is 4.83. The van der Waals surface area contributed by atoms with Gasteiger partial charge in [0.15, 0.2) is 0 Å². The topological polar surface area (TPSA) is 53.8 Å². The van der Waals surface area contributed by atoms with E-state index in [2.05, 4.69) is 56.0 Å². The monoisotopic (exact) mass is 418 g/mol. The maximum absolute atomic E-state index is 6.13. The van der Waals surface area contributed by atoms with Gasteiger partial charge in [0, 0.05) is 55.8 Å². The zero-order valence-corrected chi connectivity index (χ0v) is 20.0. The summed E-state index contributed by atoms with van der Waals surface area (Å²) in [6.45, 7) is 23.6. The van der Waals surface area contributed by atoms with Gasteiger partial charge >= 0.3 is 0 Å². The molecular formula is C25H46N4O. The minimum Gasteiger partial charge on any atom is -0.373 e. The Morgan fingerprint density at radius 1 is 0.967 bits per heavy atom. The predicted molar refractivity (Wildman–Crippen MR) is 126 cm³/mol. The lowest BCUT2D eigenvalue weighted by atomic mass is 9.88. The molecule has 4 heterocycles. The van der Waals surface area contributed by atoms with E-state index in [0.29, 0.717) is 17.4 Å². The normalized spacial score (nSPS) is 33.6. The molecule has 172 valence electrons. The maximum Gasteiger partial charge on any atom is 0.102 e. The van der Waals surface area contributed by atoms with Gasteiger partial charge in [0.1, 0.15) is 5.60 Å². The van der Waals surface area contributed by atoms with Crippen molar-refractivity contribution in [3.05, 3.63) is 24.6 Å². The van der Waals surface area contributed by atoms with E-state index in [4.69, 9.17) is 10.5 Å². The average Bonchev–Trinajstić information content (AvgIpc) is 3.43. The van der Waals surface area contributed by atoms with Crippen molar-refractivity contribution in [3.63, 3.8) is 0 Å². The first-order chi connectivity index (χ1) is 14.2. The highest BCUT2D eigenvalue weighted by molar-refractivity contribution is 5.10. The molecule has 2 spiro atoms. The van der Waals surface area contributed by atoms with Crippen LogP contribution in [0.1, 0.15) is 66.2 Å². The summed E-state index contributed by atoms with van der Waals surface area (Å²) in [5.74, 6) is 1.10. The van der Waals surface area contributed by atoms with Gasteiger partial charge in [-0.3, -0.25) is 0 Å². The highest BCUT2D eigenvalue weighted by Gasteiger charge is 2.47. The largest absolute Gasteiger partial charge is 0.373 e. The number of hydrogen-bond donors (Lipinski definition) is 2. The standard InChI is InChI=1S/C13H24N2.C12H22N2O/c1-11(2)12(3)15-9-7-13(10-15)6-4-5-8-14-13;1-9(2)10(3)14-6-5-12(8-14)11(13)4-7-15-12/h11,14H,3-10H2,1-2H3;9,11H,3-8,13H2,1-2H3. The van der Waals surface area contributed by atoms with Crippen LogP contribution in [0.25, 0.3) is 0 Å². The van der Waals surface area contributed by atoms with Crippen molar-refractivity contribution >= 4 is 0 Å². The summed E-state index contributed by atoms with van der Waals surface area (Å²) in [6.07, 6.45) is 7.47. The van der Waals surface area contributed by atoms with Gasteiger partial charge in [-0.2, -0.15) is 0 Å². The first kappa shape index (κ1) is 23.6. The Morgan fingerprint density at radius 2 is 1.60 bits per heavy atom. The van der Waals surface area contributed by atoms with Gasteiger partial charge in [0.2, 0.25) is 0 Å². The number of ether oxygens (including phenoxy) is 1. The number of piperidine rings is 1. The fourth-order valence-corrected chi connectivity index (χ4v) is 5.46. The zero-order valence-electron chi connectivity index (χ0n) is 20.0. The molecule has 30 heavy (non-hydrogen) atoms. The molecule has 3 N–H and O–H groups in total. The molecule has 4 aliphatic rings. The molecule has 4 fully saturated rings. The molecule has 0 amide bonds. The Morgan fingerprint density at radius 3 is 2.13 bits per heavy atom. The minimum atomic E-state index is -0.0716. The highest BCUT2D eigenvalue weighted by Crippen LogP contribution is 2.36. The summed E-state index contributed by atoms with van der Waals surface area (Å²) < 4.78 is 5.87. The third kappa shape index (κ3) is 5.05. The van der Waals surface area contributed by atoms with E-state index in [9.17, 15) is 0 Å². The van der Waals surface area contributed by atoms with Crippen LogP contribution >= 0.6 is 0 Å². The van der Waals surface area contributed by atoms with Gasteiger partial charge < -0.3 is 25.6 Å². The van der Waals surface area contributed by atoms with Crippen LogP contribution in [-0.4, -0.2) is 66.3 Å². The Hall–Kier alpha value is -1.04. The molecule has 4 aliphatic heterocycles. The van der Waals surface area contributed by atoms with Crippen LogP contribution < -0.4 is 11.1 Å².